The van der Waals surface area contributed by atoms with E-state index in [2.05, 4.69) is 54.0 Å². The first-order valence-electron chi connectivity index (χ1n) is 17.1. The van der Waals surface area contributed by atoms with Crippen molar-refractivity contribution in [2.75, 3.05) is 63.9 Å². The maximum absolute atomic E-state index is 14.4. The average Bonchev–Trinajstić information content (AvgIpc) is 3.09. The van der Waals surface area contributed by atoms with E-state index in [0.29, 0.717) is 66.2 Å². The van der Waals surface area contributed by atoms with Gasteiger partial charge in [0.05, 0.1) is 11.6 Å². The zero-order valence-electron chi connectivity index (χ0n) is 27.8. The number of nitrogens with two attached hydrogens (primary N) is 1. The summed E-state index contributed by atoms with van der Waals surface area (Å²) in [4.78, 5) is 63.4. The first-order chi connectivity index (χ1) is 23.5. The first-order valence-corrected chi connectivity index (χ1v) is 18.7. The van der Waals surface area contributed by atoms with Gasteiger partial charge in [-0.2, -0.15) is 0 Å². The fraction of sp³-hybridized carbons (Fsp3) is 0.543. The molecule has 4 aliphatic heterocycles. The summed E-state index contributed by atoms with van der Waals surface area (Å²) in [7, 11) is 2.10. The molecule has 3 saturated heterocycles. The van der Waals surface area contributed by atoms with Gasteiger partial charge in [0.15, 0.2) is 0 Å². The molecule has 0 spiro atoms. The SMILES string of the molecule is CN1CCC(N2CCN(C(=O)C(CC(=O)N3CCC(N4Cc5ccccc5NC4=O)CC3)Cc3cc(Br)c(N)c(Br)c3)C(C(=O)O)C2)CC1. The number of nitrogens with zero attached hydrogens (tertiary/aromatic N) is 5. The molecule has 2 atom stereocenters. The molecule has 264 valence electrons. The van der Waals surface area contributed by atoms with Crippen LogP contribution in [0.5, 0.6) is 0 Å². The Bertz CT molecular complexity index is 1550. The third-order valence-corrected chi connectivity index (χ3v) is 12.0. The molecule has 2 aromatic carbocycles. The molecule has 4 amide bonds. The van der Waals surface area contributed by atoms with Gasteiger partial charge in [0, 0.05) is 72.4 Å². The molecule has 4 aliphatic rings. The normalized spacial score (nSPS) is 22.1. The van der Waals surface area contributed by atoms with Crippen LogP contribution in [0.25, 0.3) is 0 Å². The summed E-state index contributed by atoms with van der Waals surface area (Å²) < 4.78 is 1.35. The Morgan fingerprint density at radius 3 is 2.29 bits per heavy atom. The van der Waals surface area contributed by atoms with E-state index >= 15 is 0 Å². The minimum Gasteiger partial charge on any atom is -0.480 e. The lowest BCUT2D eigenvalue weighted by Gasteiger charge is -2.45. The highest BCUT2D eigenvalue weighted by atomic mass is 79.9. The molecule has 49 heavy (non-hydrogen) atoms. The van der Waals surface area contributed by atoms with Crippen molar-refractivity contribution in [1.82, 2.24) is 24.5 Å². The third-order valence-electron chi connectivity index (χ3n) is 10.7. The summed E-state index contributed by atoms with van der Waals surface area (Å²) >= 11 is 7.00. The lowest BCUT2D eigenvalue weighted by atomic mass is 9.91. The van der Waals surface area contributed by atoms with Crippen molar-refractivity contribution in [2.24, 2.45) is 5.92 Å². The van der Waals surface area contributed by atoms with Crippen LogP contribution in [0.1, 0.15) is 43.2 Å². The molecule has 2 unspecified atom stereocenters. The average molecular weight is 804 g/mol. The number of hydrogen-bond donors (Lipinski definition) is 3. The van der Waals surface area contributed by atoms with Gasteiger partial charge in [-0.1, -0.05) is 18.2 Å². The van der Waals surface area contributed by atoms with Crippen molar-refractivity contribution in [3.63, 3.8) is 0 Å². The predicted octanol–water partition coefficient (Wildman–Crippen LogP) is 4.07. The van der Waals surface area contributed by atoms with E-state index in [1.54, 1.807) is 4.90 Å². The summed E-state index contributed by atoms with van der Waals surface area (Å²) in [6.07, 6.45) is 3.44. The van der Waals surface area contributed by atoms with Crippen molar-refractivity contribution >= 4 is 67.0 Å². The van der Waals surface area contributed by atoms with Gasteiger partial charge in [-0.3, -0.25) is 14.5 Å². The lowest BCUT2D eigenvalue weighted by Crippen LogP contribution is -2.62. The molecular formula is C35H45Br2N7O5. The molecule has 4 N–H and O–H groups in total. The summed E-state index contributed by atoms with van der Waals surface area (Å²) in [5.41, 5.74) is 9.38. The van der Waals surface area contributed by atoms with Gasteiger partial charge in [-0.15, -0.1) is 0 Å². The van der Waals surface area contributed by atoms with Gasteiger partial charge in [0.1, 0.15) is 6.04 Å². The Morgan fingerprint density at radius 1 is 0.959 bits per heavy atom. The van der Waals surface area contributed by atoms with Crippen molar-refractivity contribution in [2.45, 2.75) is 63.2 Å². The molecule has 0 saturated carbocycles. The number of aliphatic carboxylic acids is 1. The van der Waals surface area contributed by atoms with Gasteiger partial charge < -0.3 is 35.8 Å². The standard InChI is InChI=1S/C35H45Br2N7O5/c1-40-10-6-25(7-11-40)42-14-15-43(30(21-42)34(47)48)33(46)24(16-22-17-27(36)32(38)28(37)18-22)19-31(45)41-12-8-26(9-13-41)44-20-23-4-2-3-5-29(23)39-35(44)49/h2-5,17-18,24-26,30H,6-16,19-21,38H2,1H3,(H,39,49)(H,47,48). The van der Waals surface area contributed by atoms with Gasteiger partial charge in [-0.05, 0) is 113 Å². The van der Waals surface area contributed by atoms with E-state index in [4.69, 9.17) is 5.73 Å². The number of halogens is 2. The van der Waals surface area contributed by atoms with Crippen LogP contribution in [0, 0.1) is 5.92 Å². The number of nitrogen functional groups attached to an aromatic ring is 1. The predicted molar refractivity (Wildman–Crippen MR) is 194 cm³/mol. The number of anilines is 2. The number of benzene rings is 2. The fourth-order valence-electron chi connectivity index (χ4n) is 7.78. The van der Waals surface area contributed by atoms with E-state index in [9.17, 15) is 24.3 Å². The highest BCUT2D eigenvalue weighted by molar-refractivity contribution is 9.11. The Labute approximate surface area is 304 Å². The largest absolute Gasteiger partial charge is 0.480 e. The smallest absolute Gasteiger partial charge is 0.327 e. The number of likely N-dealkylation sites (tertiary alicyclic amines) is 2. The number of piperazine rings is 1. The van der Waals surface area contributed by atoms with Gasteiger partial charge in [0.25, 0.3) is 0 Å². The number of carbonyl (C=O) groups is 4. The van der Waals surface area contributed by atoms with Crippen molar-refractivity contribution < 1.29 is 24.3 Å². The number of para-hydroxylation sites is 1. The number of carboxylic acids is 1. The van der Waals surface area contributed by atoms with Crippen LogP contribution in [0.2, 0.25) is 0 Å². The highest BCUT2D eigenvalue weighted by Gasteiger charge is 2.41. The minimum atomic E-state index is -1.03. The number of carbonyl (C=O) groups excluding carboxylic acids is 3. The van der Waals surface area contributed by atoms with Crippen LogP contribution in [0.15, 0.2) is 45.3 Å². The molecule has 0 aliphatic carbocycles. The van der Waals surface area contributed by atoms with Crippen LogP contribution in [-0.2, 0) is 27.3 Å². The van der Waals surface area contributed by atoms with Crippen molar-refractivity contribution in [3.8, 4) is 0 Å². The van der Waals surface area contributed by atoms with Crippen LogP contribution in [-0.4, -0.2) is 124 Å². The molecular weight excluding hydrogens is 758 g/mol. The third kappa shape index (κ3) is 8.08. The van der Waals surface area contributed by atoms with E-state index in [0.717, 1.165) is 42.7 Å². The number of hydrogen-bond acceptors (Lipinski definition) is 7. The number of amides is 4. The summed E-state index contributed by atoms with van der Waals surface area (Å²) in [6.45, 7) is 4.59. The van der Waals surface area contributed by atoms with Crippen molar-refractivity contribution in [1.29, 1.82) is 0 Å². The number of nitrogens with one attached hydrogen (secondary N) is 1. The molecule has 12 nitrogen and oxygen atoms in total. The lowest BCUT2D eigenvalue weighted by molar-refractivity contribution is -0.157. The molecule has 6 rings (SSSR count). The quantitative estimate of drug-likeness (QED) is 0.340. The monoisotopic (exact) mass is 801 g/mol. The van der Waals surface area contributed by atoms with E-state index in [-0.39, 0.29) is 43.3 Å². The number of rotatable bonds is 8. The Balaban J connectivity index is 1.15. The summed E-state index contributed by atoms with van der Waals surface area (Å²) in [5, 5.41) is 13.3. The highest BCUT2D eigenvalue weighted by Crippen LogP contribution is 2.33. The second-order valence-corrected chi connectivity index (χ2v) is 15.5. The summed E-state index contributed by atoms with van der Waals surface area (Å²) in [6, 6.07) is 10.7. The first kappa shape index (κ1) is 35.6. The van der Waals surface area contributed by atoms with Gasteiger partial charge >= 0.3 is 12.0 Å². The topological polar surface area (TPSA) is 143 Å². The Hall–Kier alpha value is -3.20. The number of carboxylic acid groups (broad SMARTS) is 1. The molecule has 14 heteroatoms. The number of piperidine rings is 2. The molecule has 4 heterocycles. The fourth-order valence-corrected chi connectivity index (χ4v) is 9.06. The summed E-state index contributed by atoms with van der Waals surface area (Å²) in [5.74, 6) is -2.24. The van der Waals surface area contributed by atoms with Crippen LogP contribution >= 0.6 is 31.9 Å². The van der Waals surface area contributed by atoms with Crippen LogP contribution < -0.4 is 11.1 Å². The van der Waals surface area contributed by atoms with E-state index < -0.39 is 17.9 Å². The van der Waals surface area contributed by atoms with Crippen LogP contribution in [0.3, 0.4) is 0 Å². The second-order valence-electron chi connectivity index (χ2n) is 13.8. The zero-order chi connectivity index (χ0) is 34.8. The molecule has 0 aromatic heterocycles. The second kappa shape index (κ2) is 15.4. The molecule has 3 fully saturated rings. The van der Waals surface area contributed by atoms with E-state index in [1.807, 2.05) is 41.3 Å². The number of urea groups is 1. The molecule has 0 radical (unpaired) electrons. The van der Waals surface area contributed by atoms with Gasteiger partial charge in [-0.25, -0.2) is 9.59 Å². The minimum absolute atomic E-state index is 0.00324. The Kier molecular flexibility index (Phi) is 11.2. The van der Waals surface area contributed by atoms with E-state index in [1.165, 1.54) is 4.90 Å². The zero-order valence-corrected chi connectivity index (χ0v) is 31.0. The van der Waals surface area contributed by atoms with Crippen LogP contribution in [0.4, 0.5) is 16.2 Å². The van der Waals surface area contributed by atoms with Crippen molar-refractivity contribution in [3.05, 3.63) is 56.5 Å². The maximum Gasteiger partial charge on any atom is 0.327 e. The molecule has 2 aromatic rings. The number of fused-ring (bicyclic) bond motifs is 1. The van der Waals surface area contributed by atoms with Gasteiger partial charge in [0.2, 0.25) is 11.8 Å². The maximum atomic E-state index is 14.4. The Morgan fingerprint density at radius 2 is 1.61 bits per heavy atom. The molecule has 0 bridgehead atoms.